The van der Waals surface area contributed by atoms with Crippen LogP contribution in [0.4, 0.5) is 0 Å². The van der Waals surface area contributed by atoms with Crippen molar-refractivity contribution < 1.29 is 43.5 Å². The van der Waals surface area contributed by atoms with Crippen molar-refractivity contribution in [3.05, 3.63) is 35.9 Å². The quantitative estimate of drug-likeness (QED) is 0.358. The lowest BCUT2D eigenvalue weighted by Crippen LogP contribution is -2.45. The van der Waals surface area contributed by atoms with Gasteiger partial charge in [-0.3, -0.25) is 0 Å². The van der Waals surface area contributed by atoms with Crippen molar-refractivity contribution in [2.45, 2.75) is 58.0 Å². The monoisotopic (exact) mass is 426 g/mol. The van der Waals surface area contributed by atoms with Crippen molar-refractivity contribution in [1.82, 2.24) is 0 Å². The molecule has 30 heavy (non-hydrogen) atoms. The molecule has 9 nitrogen and oxygen atoms in total. The maximum Gasteiger partial charge on any atom is 0.338 e. The number of hydrogen-bond donors (Lipinski definition) is 2. The molecule has 0 unspecified atom stereocenters. The Morgan fingerprint density at radius 2 is 1.67 bits per heavy atom. The lowest BCUT2D eigenvalue weighted by Gasteiger charge is -2.24. The normalized spacial score (nSPS) is 13.3. The van der Waals surface area contributed by atoms with Crippen molar-refractivity contribution in [3.8, 4) is 0 Å². The highest BCUT2D eigenvalue weighted by Gasteiger charge is 2.38. The predicted octanol–water partition coefficient (Wildman–Crippen LogP) is 1.70. The molecule has 168 valence electrons. The van der Waals surface area contributed by atoms with Crippen molar-refractivity contribution in [3.63, 3.8) is 0 Å². The molecular formula is C21H30O9. The van der Waals surface area contributed by atoms with E-state index in [0.717, 1.165) is 0 Å². The Labute approximate surface area is 175 Å². The average molecular weight is 426 g/mol. The van der Waals surface area contributed by atoms with Crippen LogP contribution in [0.15, 0.2) is 30.3 Å². The van der Waals surface area contributed by atoms with Crippen LogP contribution in [0.3, 0.4) is 0 Å². The first kappa shape index (κ1) is 25.5. The van der Waals surface area contributed by atoms with E-state index in [0.29, 0.717) is 18.4 Å². The number of carbonyl (C=O) groups is 3. The molecule has 0 fully saturated rings. The van der Waals surface area contributed by atoms with Gasteiger partial charge in [0, 0.05) is 13.2 Å². The fourth-order valence-corrected chi connectivity index (χ4v) is 2.33. The minimum Gasteiger partial charge on any atom is -0.479 e. The van der Waals surface area contributed by atoms with Gasteiger partial charge in [-0.2, -0.15) is 0 Å². The van der Waals surface area contributed by atoms with Crippen LogP contribution in [-0.2, 0) is 39.9 Å². The second kappa shape index (κ2) is 12.9. The number of aliphatic hydroxyl groups is 1. The number of aliphatic hydroxyl groups excluding tert-OH is 1. The third-order valence-electron chi connectivity index (χ3n) is 3.63. The van der Waals surface area contributed by atoms with Crippen molar-refractivity contribution in [2.75, 3.05) is 19.8 Å². The summed E-state index contributed by atoms with van der Waals surface area (Å²) in [6, 6.07) is 8.85. The summed E-state index contributed by atoms with van der Waals surface area (Å²) in [6.07, 6.45) is -2.54. The van der Waals surface area contributed by atoms with E-state index in [1.807, 2.05) is 6.07 Å². The molecule has 1 aromatic carbocycles. The van der Waals surface area contributed by atoms with Gasteiger partial charge in [-0.15, -0.1) is 0 Å². The number of unbranched alkanes of at least 4 members (excludes halogenated alkanes) is 1. The number of ether oxygens (including phenoxy) is 4. The highest BCUT2D eigenvalue weighted by Crippen LogP contribution is 2.13. The standard InChI is InChI=1S/C21H30O9/c1-21(2,3)30-16(23)14-28-17(19(24)25)18(27-12-8-7-11-22)20(26)29-13-15-9-5-4-6-10-15/h4-6,9-10,17-18,22H,7-8,11-14H2,1-3H3,(H,24,25)/t17-,18-/m1/s1. The molecular weight excluding hydrogens is 396 g/mol. The number of carboxylic acid groups (broad SMARTS) is 1. The van der Waals surface area contributed by atoms with Crippen molar-refractivity contribution in [2.24, 2.45) is 0 Å². The molecule has 0 aliphatic carbocycles. The summed E-state index contributed by atoms with van der Waals surface area (Å²) in [5, 5.41) is 18.4. The van der Waals surface area contributed by atoms with Gasteiger partial charge in [0.15, 0.2) is 12.2 Å². The van der Waals surface area contributed by atoms with Crippen molar-refractivity contribution in [1.29, 1.82) is 0 Å². The van der Waals surface area contributed by atoms with Crippen molar-refractivity contribution >= 4 is 17.9 Å². The Bertz CT molecular complexity index is 667. The van der Waals surface area contributed by atoms with Crippen LogP contribution in [0.1, 0.15) is 39.2 Å². The first-order chi connectivity index (χ1) is 14.1. The summed E-state index contributed by atoms with van der Waals surface area (Å²) < 4.78 is 20.8. The van der Waals surface area contributed by atoms with Crippen LogP contribution >= 0.6 is 0 Å². The maximum atomic E-state index is 12.5. The van der Waals surface area contributed by atoms with Gasteiger partial charge in [-0.05, 0) is 39.2 Å². The van der Waals surface area contributed by atoms with Crippen LogP contribution < -0.4 is 0 Å². The van der Waals surface area contributed by atoms with Crippen LogP contribution in [0.25, 0.3) is 0 Å². The number of aliphatic carboxylic acids is 1. The molecule has 1 aromatic rings. The number of rotatable bonds is 13. The molecule has 0 heterocycles. The fraction of sp³-hybridized carbons (Fsp3) is 0.571. The molecule has 0 saturated heterocycles. The van der Waals surface area contributed by atoms with Gasteiger partial charge >= 0.3 is 17.9 Å². The topological polar surface area (TPSA) is 129 Å². The Morgan fingerprint density at radius 3 is 2.23 bits per heavy atom. The van der Waals surface area contributed by atoms with Crippen LogP contribution in [0, 0.1) is 0 Å². The fourth-order valence-electron chi connectivity index (χ4n) is 2.33. The van der Waals surface area contributed by atoms with E-state index in [2.05, 4.69) is 0 Å². The van der Waals surface area contributed by atoms with Crippen LogP contribution in [0.5, 0.6) is 0 Å². The Morgan fingerprint density at radius 1 is 1.00 bits per heavy atom. The van der Waals surface area contributed by atoms with Gasteiger partial charge in [0.2, 0.25) is 0 Å². The third-order valence-corrected chi connectivity index (χ3v) is 3.63. The smallest absolute Gasteiger partial charge is 0.338 e. The molecule has 0 bridgehead atoms. The molecule has 0 aliphatic rings. The average Bonchev–Trinajstić information content (AvgIpc) is 2.67. The number of hydrogen-bond acceptors (Lipinski definition) is 8. The highest BCUT2D eigenvalue weighted by atomic mass is 16.6. The van der Waals surface area contributed by atoms with E-state index < -0.39 is 42.3 Å². The minimum absolute atomic E-state index is 0.00520. The zero-order chi connectivity index (χ0) is 22.6. The van der Waals surface area contributed by atoms with Gasteiger partial charge in [-0.1, -0.05) is 30.3 Å². The van der Waals surface area contributed by atoms with E-state index in [4.69, 9.17) is 24.1 Å². The van der Waals surface area contributed by atoms with E-state index in [1.54, 1.807) is 45.0 Å². The molecule has 2 atom stereocenters. The van der Waals surface area contributed by atoms with E-state index in [9.17, 15) is 19.5 Å². The number of carboxylic acids is 1. The van der Waals surface area contributed by atoms with Crippen LogP contribution in [0.2, 0.25) is 0 Å². The molecule has 1 rings (SSSR count). The Balaban J connectivity index is 2.81. The van der Waals surface area contributed by atoms with E-state index >= 15 is 0 Å². The summed E-state index contributed by atoms with van der Waals surface area (Å²) in [6.45, 7) is 4.18. The second-order valence-electron chi connectivity index (χ2n) is 7.47. The first-order valence-corrected chi connectivity index (χ1v) is 9.63. The molecule has 9 heteroatoms. The molecule has 0 radical (unpaired) electrons. The largest absolute Gasteiger partial charge is 0.479 e. The summed E-state index contributed by atoms with van der Waals surface area (Å²) in [5.41, 5.74) is -0.0556. The highest BCUT2D eigenvalue weighted by molar-refractivity contribution is 5.85. The third kappa shape index (κ3) is 10.3. The van der Waals surface area contributed by atoms with E-state index in [1.165, 1.54) is 0 Å². The zero-order valence-electron chi connectivity index (χ0n) is 17.5. The number of carbonyl (C=O) groups excluding carboxylic acids is 2. The molecule has 2 N–H and O–H groups in total. The van der Waals surface area contributed by atoms with Gasteiger partial charge in [0.1, 0.15) is 18.8 Å². The number of esters is 2. The lowest BCUT2D eigenvalue weighted by atomic mass is 10.2. The molecule has 0 amide bonds. The van der Waals surface area contributed by atoms with Gasteiger partial charge in [0.25, 0.3) is 0 Å². The summed E-state index contributed by atoms with van der Waals surface area (Å²) in [5.74, 6) is -3.19. The summed E-state index contributed by atoms with van der Waals surface area (Å²) in [4.78, 5) is 36.1. The van der Waals surface area contributed by atoms with Gasteiger partial charge in [0.05, 0.1) is 0 Å². The van der Waals surface area contributed by atoms with Crippen LogP contribution in [-0.4, -0.2) is 65.8 Å². The number of benzene rings is 1. The SMILES string of the molecule is CC(C)(C)OC(=O)CO[C@@H](C(=O)O)[C@@H](OCCCCO)C(=O)OCc1ccccc1. The second-order valence-corrected chi connectivity index (χ2v) is 7.47. The Kier molecular flexibility index (Phi) is 11.0. The lowest BCUT2D eigenvalue weighted by molar-refractivity contribution is -0.186. The maximum absolute atomic E-state index is 12.5. The first-order valence-electron chi connectivity index (χ1n) is 9.63. The van der Waals surface area contributed by atoms with Gasteiger partial charge < -0.3 is 29.2 Å². The molecule has 0 spiro atoms. The minimum atomic E-state index is -1.77. The van der Waals surface area contributed by atoms with Gasteiger partial charge in [-0.25, -0.2) is 14.4 Å². The summed E-state index contributed by atoms with van der Waals surface area (Å²) >= 11 is 0. The van der Waals surface area contributed by atoms with E-state index in [-0.39, 0.29) is 19.8 Å². The predicted molar refractivity (Wildman–Crippen MR) is 106 cm³/mol. The molecule has 0 aliphatic heterocycles. The summed E-state index contributed by atoms with van der Waals surface area (Å²) in [7, 11) is 0. The zero-order valence-corrected chi connectivity index (χ0v) is 17.5. The Hall–Kier alpha value is -2.49. The molecule has 0 saturated carbocycles. The molecule has 0 aromatic heterocycles.